The lowest BCUT2D eigenvalue weighted by Crippen LogP contribution is -2.11. The molecule has 0 saturated heterocycles. The minimum absolute atomic E-state index is 0.808. The van der Waals surface area contributed by atoms with E-state index in [1.165, 1.54) is 11.1 Å². The molecule has 0 atom stereocenters. The summed E-state index contributed by atoms with van der Waals surface area (Å²) in [6, 6.07) is 8.13. The predicted molar refractivity (Wildman–Crippen MR) is 75.6 cm³/mol. The van der Waals surface area contributed by atoms with Crippen molar-refractivity contribution in [3.8, 4) is 0 Å². The molecule has 0 unspecified atom stereocenters. The van der Waals surface area contributed by atoms with Crippen molar-refractivity contribution in [1.82, 2.24) is 9.97 Å². The zero-order chi connectivity index (χ0) is 13.1. The SMILES string of the molecule is Cc1cccc(Nc2cc(N(C)C)ncn2)c1C. The molecule has 0 aliphatic heterocycles. The Balaban J connectivity index is 2.28. The summed E-state index contributed by atoms with van der Waals surface area (Å²) in [5, 5.41) is 3.33. The molecular formula is C14H18N4. The van der Waals surface area contributed by atoms with Gasteiger partial charge in [0.25, 0.3) is 0 Å². The Morgan fingerprint density at radius 3 is 2.61 bits per heavy atom. The minimum atomic E-state index is 0.808. The van der Waals surface area contributed by atoms with Gasteiger partial charge in [0.05, 0.1) is 0 Å². The van der Waals surface area contributed by atoms with Crippen LogP contribution < -0.4 is 10.2 Å². The van der Waals surface area contributed by atoms with Gasteiger partial charge >= 0.3 is 0 Å². The molecule has 0 radical (unpaired) electrons. The lowest BCUT2D eigenvalue weighted by molar-refractivity contribution is 1.04. The van der Waals surface area contributed by atoms with E-state index in [1.54, 1.807) is 6.33 Å². The van der Waals surface area contributed by atoms with E-state index in [-0.39, 0.29) is 0 Å². The molecule has 0 aliphatic rings. The number of aryl methyl sites for hydroxylation is 1. The van der Waals surface area contributed by atoms with Crippen LogP contribution in [-0.2, 0) is 0 Å². The second-order valence-corrected chi connectivity index (χ2v) is 4.53. The lowest BCUT2D eigenvalue weighted by Gasteiger charge is -2.14. The van der Waals surface area contributed by atoms with Crippen molar-refractivity contribution in [2.24, 2.45) is 0 Å². The first-order valence-electron chi connectivity index (χ1n) is 5.90. The van der Waals surface area contributed by atoms with Crippen LogP contribution in [0, 0.1) is 13.8 Å². The predicted octanol–water partition coefficient (Wildman–Crippen LogP) is 2.90. The molecule has 0 spiro atoms. The van der Waals surface area contributed by atoms with Crippen molar-refractivity contribution < 1.29 is 0 Å². The van der Waals surface area contributed by atoms with Crippen molar-refractivity contribution >= 4 is 17.3 Å². The fourth-order valence-electron chi connectivity index (χ4n) is 1.68. The molecule has 0 aliphatic carbocycles. The van der Waals surface area contributed by atoms with Crippen LogP contribution >= 0.6 is 0 Å². The lowest BCUT2D eigenvalue weighted by atomic mass is 10.1. The Bertz CT molecular complexity index is 549. The van der Waals surface area contributed by atoms with E-state index < -0.39 is 0 Å². The summed E-state index contributed by atoms with van der Waals surface area (Å²) in [4.78, 5) is 10.4. The number of rotatable bonds is 3. The minimum Gasteiger partial charge on any atom is -0.363 e. The number of nitrogens with one attached hydrogen (secondary N) is 1. The van der Waals surface area contributed by atoms with E-state index in [4.69, 9.17) is 0 Å². The molecule has 1 aromatic heterocycles. The quantitative estimate of drug-likeness (QED) is 0.898. The van der Waals surface area contributed by atoms with Crippen molar-refractivity contribution in [1.29, 1.82) is 0 Å². The number of anilines is 3. The molecular weight excluding hydrogens is 224 g/mol. The molecule has 4 nitrogen and oxygen atoms in total. The molecule has 0 fully saturated rings. The van der Waals surface area contributed by atoms with Crippen molar-refractivity contribution in [3.63, 3.8) is 0 Å². The second-order valence-electron chi connectivity index (χ2n) is 4.53. The van der Waals surface area contributed by atoms with Gasteiger partial charge in [0.2, 0.25) is 0 Å². The second kappa shape index (κ2) is 5.04. The normalized spacial score (nSPS) is 10.2. The third-order valence-electron chi connectivity index (χ3n) is 2.98. The van der Waals surface area contributed by atoms with Crippen LogP contribution in [0.3, 0.4) is 0 Å². The van der Waals surface area contributed by atoms with Gasteiger partial charge in [0.1, 0.15) is 18.0 Å². The molecule has 1 heterocycles. The molecule has 2 aromatic rings. The smallest absolute Gasteiger partial charge is 0.135 e. The highest BCUT2D eigenvalue weighted by Gasteiger charge is 2.04. The summed E-state index contributed by atoms with van der Waals surface area (Å²) in [6.45, 7) is 4.21. The molecule has 0 saturated carbocycles. The van der Waals surface area contributed by atoms with E-state index in [2.05, 4.69) is 41.3 Å². The maximum atomic E-state index is 4.24. The van der Waals surface area contributed by atoms with Crippen LogP contribution in [0.4, 0.5) is 17.3 Å². The standard InChI is InChI=1S/C14H18N4/c1-10-6-5-7-12(11(10)2)17-13-8-14(18(3)4)16-9-15-13/h5-9H,1-4H3,(H,15,16,17). The number of aromatic nitrogens is 2. The summed E-state index contributed by atoms with van der Waals surface area (Å²) in [5.41, 5.74) is 3.59. The highest BCUT2D eigenvalue weighted by atomic mass is 15.2. The summed E-state index contributed by atoms with van der Waals surface area (Å²) in [5.74, 6) is 1.69. The van der Waals surface area contributed by atoms with Gasteiger partial charge in [0, 0.05) is 25.8 Å². The molecule has 2 rings (SSSR count). The maximum absolute atomic E-state index is 4.24. The Morgan fingerprint density at radius 2 is 1.89 bits per heavy atom. The highest BCUT2D eigenvalue weighted by Crippen LogP contribution is 2.22. The van der Waals surface area contributed by atoms with Gasteiger partial charge in [-0.3, -0.25) is 0 Å². The highest BCUT2D eigenvalue weighted by molar-refractivity contribution is 5.63. The van der Waals surface area contributed by atoms with Crippen LogP contribution in [0.15, 0.2) is 30.6 Å². The Labute approximate surface area is 108 Å². The Morgan fingerprint density at radius 1 is 1.11 bits per heavy atom. The number of benzene rings is 1. The van der Waals surface area contributed by atoms with Gasteiger partial charge < -0.3 is 10.2 Å². The largest absolute Gasteiger partial charge is 0.363 e. The summed E-state index contributed by atoms with van der Waals surface area (Å²) < 4.78 is 0. The van der Waals surface area contributed by atoms with E-state index in [0.717, 1.165) is 17.3 Å². The van der Waals surface area contributed by atoms with E-state index in [1.807, 2.05) is 31.1 Å². The van der Waals surface area contributed by atoms with Crippen LogP contribution in [-0.4, -0.2) is 24.1 Å². The van der Waals surface area contributed by atoms with Crippen molar-refractivity contribution in [2.75, 3.05) is 24.3 Å². The number of hydrogen-bond acceptors (Lipinski definition) is 4. The fourth-order valence-corrected chi connectivity index (χ4v) is 1.68. The first kappa shape index (κ1) is 12.4. The third kappa shape index (κ3) is 2.59. The maximum Gasteiger partial charge on any atom is 0.135 e. The van der Waals surface area contributed by atoms with Crippen LogP contribution in [0.25, 0.3) is 0 Å². The topological polar surface area (TPSA) is 41.0 Å². The fraction of sp³-hybridized carbons (Fsp3) is 0.286. The van der Waals surface area contributed by atoms with Gasteiger partial charge in [0.15, 0.2) is 0 Å². The van der Waals surface area contributed by atoms with Crippen molar-refractivity contribution in [2.45, 2.75) is 13.8 Å². The Hall–Kier alpha value is -2.10. The molecule has 4 heteroatoms. The molecule has 18 heavy (non-hydrogen) atoms. The van der Waals surface area contributed by atoms with Gasteiger partial charge in [-0.15, -0.1) is 0 Å². The number of hydrogen-bond donors (Lipinski definition) is 1. The molecule has 1 aromatic carbocycles. The van der Waals surface area contributed by atoms with Gasteiger partial charge in [-0.25, -0.2) is 9.97 Å². The molecule has 1 N–H and O–H groups in total. The monoisotopic (exact) mass is 242 g/mol. The first-order valence-corrected chi connectivity index (χ1v) is 5.90. The third-order valence-corrected chi connectivity index (χ3v) is 2.98. The average molecular weight is 242 g/mol. The zero-order valence-corrected chi connectivity index (χ0v) is 11.2. The van der Waals surface area contributed by atoms with Gasteiger partial charge in [-0.2, -0.15) is 0 Å². The van der Waals surface area contributed by atoms with Gasteiger partial charge in [-0.05, 0) is 31.0 Å². The zero-order valence-electron chi connectivity index (χ0n) is 11.2. The average Bonchev–Trinajstić information content (AvgIpc) is 2.35. The van der Waals surface area contributed by atoms with E-state index >= 15 is 0 Å². The first-order chi connectivity index (χ1) is 8.58. The molecule has 94 valence electrons. The molecule has 0 amide bonds. The van der Waals surface area contributed by atoms with Crippen LogP contribution in [0.2, 0.25) is 0 Å². The van der Waals surface area contributed by atoms with Gasteiger partial charge in [-0.1, -0.05) is 12.1 Å². The van der Waals surface area contributed by atoms with Crippen LogP contribution in [0.5, 0.6) is 0 Å². The van der Waals surface area contributed by atoms with E-state index in [9.17, 15) is 0 Å². The summed E-state index contributed by atoms with van der Waals surface area (Å²) in [6.07, 6.45) is 1.57. The van der Waals surface area contributed by atoms with Crippen molar-refractivity contribution in [3.05, 3.63) is 41.7 Å². The molecule has 0 bridgehead atoms. The van der Waals surface area contributed by atoms with E-state index in [0.29, 0.717) is 0 Å². The summed E-state index contributed by atoms with van der Waals surface area (Å²) >= 11 is 0. The van der Waals surface area contributed by atoms with Crippen LogP contribution in [0.1, 0.15) is 11.1 Å². The Kier molecular flexibility index (Phi) is 3.46. The number of nitrogens with zero attached hydrogens (tertiary/aromatic N) is 3. The summed E-state index contributed by atoms with van der Waals surface area (Å²) in [7, 11) is 3.92.